The molecule has 0 aliphatic carbocycles. The van der Waals surface area contributed by atoms with Crippen LogP contribution in [0.2, 0.25) is 0 Å². The molecule has 2 aliphatic rings. The molecule has 7 heteroatoms. The van der Waals surface area contributed by atoms with Crippen molar-refractivity contribution in [2.45, 2.75) is 37.6 Å². The van der Waals surface area contributed by atoms with Gasteiger partial charge in [0.05, 0.1) is 5.52 Å². The molecule has 2 aromatic rings. The van der Waals surface area contributed by atoms with E-state index in [1.807, 2.05) is 12.1 Å². The second-order valence-corrected chi connectivity index (χ2v) is 6.42. The van der Waals surface area contributed by atoms with Crippen molar-refractivity contribution in [3.63, 3.8) is 0 Å². The molecule has 0 radical (unpaired) electrons. The minimum Gasteiger partial charge on any atom is -0.407 e. The van der Waals surface area contributed by atoms with E-state index in [4.69, 9.17) is 4.42 Å². The Kier molecular flexibility index (Phi) is 3.72. The molecule has 7 nitrogen and oxygen atoms in total. The van der Waals surface area contributed by atoms with Crippen LogP contribution in [0.3, 0.4) is 0 Å². The zero-order valence-corrected chi connectivity index (χ0v) is 13.2. The summed E-state index contributed by atoms with van der Waals surface area (Å²) in [6.45, 7) is 1.89. The predicted molar refractivity (Wildman–Crippen MR) is 86.7 cm³/mol. The Morgan fingerprint density at radius 1 is 1.08 bits per heavy atom. The highest BCUT2D eigenvalue weighted by atomic mass is 16.4. The van der Waals surface area contributed by atoms with Gasteiger partial charge in [0.25, 0.3) is 0 Å². The SMILES string of the molecule is O=C1CCC(n2c(=O)oc3c(C4CCNCC4)cccc32)C(=O)N1. The van der Waals surface area contributed by atoms with E-state index >= 15 is 0 Å². The lowest BCUT2D eigenvalue weighted by Gasteiger charge is -2.23. The molecule has 1 aromatic heterocycles. The third-order valence-corrected chi connectivity index (χ3v) is 4.97. The van der Waals surface area contributed by atoms with Crippen LogP contribution in [-0.2, 0) is 9.59 Å². The zero-order valence-electron chi connectivity index (χ0n) is 13.2. The molecule has 0 saturated carbocycles. The number of hydrogen-bond acceptors (Lipinski definition) is 5. The highest BCUT2D eigenvalue weighted by Gasteiger charge is 2.32. The Morgan fingerprint density at radius 2 is 1.88 bits per heavy atom. The van der Waals surface area contributed by atoms with Gasteiger partial charge in [-0.3, -0.25) is 19.5 Å². The standard InChI is InChI=1S/C17H19N3O4/c21-14-5-4-13(16(22)19-14)20-12-3-1-2-11(15(12)24-17(20)23)10-6-8-18-9-7-10/h1-3,10,13,18H,4-9H2,(H,19,21,22). The molecule has 126 valence electrons. The van der Waals surface area contributed by atoms with Crippen LogP contribution in [0.4, 0.5) is 0 Å². The summed E-state index contributed by atoms with van der Waals surface area (Å²) in [7, 11) is 0. The number of nitrogens with zero attached hydrogens (tertiary/aromatic N) is 1. The minimum absolute atomic E-state index is 0.226. The number of carbonyl (C=O) groups is 2. The van der Waals surface area contributed by atoms with Crippen LogP contribution in [0.15, 0.2) is 27.4 Å². The summed E-state index contributed by atoms with van der Waals surface area (Å²) in [5, 5.41) is 5.63. The number of benzene rings is 1. The molecular formula is C17H19N3O4. The van der Waals surface area contributed by atoms with Gasteiger partial charge in [0, 0.05) is 12.0 Å². The van der Waals surface area contributed by atoms with Crippen LogP contribution < -0.4 is 16.4 Å². The Hall–Kier alpha value is -2.41. The fourth-order valence-corrected chi connectivity index (χ4v) is 3.76. The average molecular weight is 329 g/mol. The Balaban J connectivity index is 1.80. The highest BCUT2D eigenvalue weighted by Crippen LogP contribution is 2.32. The first kappa shape index (κ1) is 15.1. The Morgan fingerprint density at radius 3 is 2.62 bits per heavy atom. The first-order valence-electron chi connectivity index (χ1n) is 8.33. The molecule has 1 aromatic carbocycles. The summed E-state index contributed by atoms with van der Waals surface area (Å²) >= 11 is 0. The molecular weight excluding hydrogens is 310 g/mol. The smallest absolute Gasteiger partial charge is 0.407 e. The van der Waals surface area contributed by atoms with E-state index in [2.05, 4.69) is 10.6 Å². The van der Waals surface area contributed by atoms with Crippen LogP contribution >= 0.6 is 0 Å². The number of amides is 2. The number of oxazole rings is 1. The fraction of sp³-hybridized carbons (Fsp3) is 0.471. The molecule has 24 heavy (non-hydrogen) atoms. The minimum atomic E-state index is -0.695. The van der Waals surface area contributed by atoms with Gasteiger partial charge in [-0.15, -0.1) is 0 Å². The number of fused-ring (bicyclic) bond motifs is 1. The normalized spacial score (nSPS) is 22.8. The molecule has 0 spiro atoms. The predicted octanol–water partition coefficient (Wildman–Crippen LogP) is 1.04. The molecule has 2 amide bonds. The number of piperidine rings is 2. The van der Waals surface area contributed by atoms with Crippen LogP contribution in [-0.4, -0.2) is 29.5 Å². The molecule has 1 atom stereocenters. The van der Waals surface area contributed by atoms with Gasteiger partial charge in [0.2, 0.25) is 11.8 Å². The maximum atomic E-state index is 12.4. The molecule has 2 saturated heterocycles. The lowest BCUT2D eigenvalue weighted by atomic mass is 9.89. The maximum absolute atomic E-state index is 12.4. The summed E-state index contributed by atoms with van der Waals surface area (Å²) in [4.78, 5) is 35.9. The molecule has 4 rings (SSSR count). The van der Waals surface area contributed by atoms with E-state index < -0.39 is 17.7 Å². The second-order valence-electron chi connectivity index (χ2n) is 6.42. The largest absolute Gasteiger partial charge is 0.420 e. The summed E-state index contributed by atoms with van der Waals surface area (Å²) in [5.41, 5.74) is 2.22. The van der Waals surface area contributed by atoms with E-state index in [0.717, 1.165) is 31.5 Å². The van der Waals surface area contributed by atoms with Crippen molar-refractivity contribution in [3.8, 4) is 0 Å². The summed E-state index contributed by atoms with van der Waals surface area (Å²) in [6, 6.07) is 5.00. The van der Waals surface area contributed by atoms with Crippen molar-refractivity contribution in [2.24, 2.45) is 0 Å². The monoisotopic (exact) mass is 329 g/mol. The van der Waals surface area contributed by atoms with Gasteiger partial charge in [0.15, 0.2) is 5.58 Å². The van der Waals surface area contributed by atoms with Gasteiger partial charge in [-0.1, -0.05) is 12.1 Å². The topological polar surface area (TPSA) is 93.3 Å². The summed E-state index contributed by atoms with van der Waals surface area (Å²) < 4.78 is 6.92. The molecule has 2 fully saturated rings. The van der Waals surface area contributed by atoms with E-state index in [0.29, 0.717) is 23.4 Å². The van der Waals surface area contributed by atoms with Gasteiger partial charge in [-0.05, 0) is 44.3 Å². The number of rotatable bonds is 2. The number of imide groups is 1. The average Bonchev–Trinajstić information content (AvgIpc) is 2.92. The number of aromatic nitrogens is 1. The molecule has 3 heterocycles. The number of nitrogens with one attached hydrogen (secondary N) is 2. The molecule has 0 bridgehead atoms. The van der Waals surface area contributed by atoms with Crippen molar-refractivity contribution in [1.82, 2.24) is 15.2 Å². The van der Waals surface area contributed by atoms with Crippen molar-refractivity contribution in [2.75, 3.05) is 13.1 Å². The van der Waals surface area contributed by atoms with Gasteiger partial charge in [0.1, 0.15) is 6.04 Å². The van der Waals surface area contributed by atoms with Crippen LogP contribution in [0.25, 0.3) is 11.1 Å². The first-order chi connectivity index (χ1) is 11.6. The molecule has 2 aliphatic heterocycles. The second kappa shape index (κ2) is 5.90. The quantitative estimate of drug-likeness (QED) is 0.803. The summed E-state index contributed by atoms with van der Waals surface area (Å²) in [5.74, 6) is -0.938. The van der Waals surface area contributed by atoms with Gasteiger partial charge < -0.3 is 9.73 Å². The van der Waals surface area contributed by atoms with Crippen LogP contribution in [0, 0.1) is 0 Å². The Labute approximate surface area is 138 Å². The molecule has 1 unspecified atom stereocenters. The lowest BCUT2D eigenvalue weighted by Crippen LogP contribution is -2.43. The van der Waals surface area contributed by atoms with Crippen molar-refractivity contribution in [1.29, 1.82) is 0 Å². The van der Waals surface area contributed by atoms with Crippen LogP contribution in [0.1, 0.15) is 43.2 Å². The third kappa shape index (κ3) is 2.45. The van der Waals surface area contributed by atoms with Crippen molar-refractivity contribution < 1.29 is 14.0 Å². The lowest BCUT2D eigenvalue weighted by molar-refractivity contribution is -0.135. The zero-order chi connectivity index (χ0) is 16.7. The summed E-state index contributed by atoms with van der Waals surface area (Å²) in [6.07, 6.45) is 2.53. The highest BCUT2D eigenvalue weighted by molar-refractivity contribution is 6.00. The van der Waals surface area contributed by atoms with Gasteiger partial charge in [-0.2, -0.15) is 0 Å². The molecule has 2 N–H and O–H groups in total. The van der Waals surface area contributed by atoms with Gasteiger partial charge >= 0.3 is 5.76 Å². The first-order valence-corrected chi connectivity index (χ1v) is 8.33. The van der Waals surface area contributed by atoms with E-state index in [9.17, 15) is 14.4 Å². The third-order valence-electron chi connectivity index (χ3n) is 4.97. The van der Waals surface area contributed by atoms with Crippen LogP contribution in [0.5, 0.6) is 0 Å². The van der Waals surface area contributed by atoms with Gasteiger partial charge in [-0.25, -0.2) is 4.79 Å². The number of hydrogen-bond donors (Lipinski definition) is 2. The van der Waals surface area contributed by atoms with E-state index in [1.54, 1.807) is 6.07 Å². The van der Waals surface area contributed by atoms with Crippen molar-refractivity contribution in [3.05, 3.63) is 34.3 Å². The maximum Gasteiger partial charge on any atom is 0.420 e. The van der Waals surface area contributed by atoms with Crippen molar-refractivity contribution >= 4 is 22.9 Å². The van der Waals surface area contributed by atoms with E-state index in [1.165, 1.54) is 4.57 Å². The fourth-order valence-electron chi connectivity index (χ4n) is 3.76. The number of para-hydroxylation sites is 1. The Bertz CT molecular complexity index is 860. The van der Waals surface area contributed by atoms with E-state index in [-0.39, 0.29) is 12.3 Å². The number of carbonyl (C=O) groups excluding carboxylic acids is 2.